The molecule has 27 heavy (non-hydrogen) atoms. The van der Waals surface area contributed by atoms with Gasteiger partial charge in [0.2, 0.25) is 0 Å². The predicted molar refractivity (Wildman–Crippen MR) is 91.4 cm³/mol. The quantitative estimate of drug-likeness (QED) is 0.863. The van der Waals surface area contributed by atoms with Crippen molar-refractivity contribution in [3.63, 3.8) is 0 Å². The summed E-state index contributed by atoms with van der Waals surface area (Å²) in [5.41, 5.74) is 0.894. The Morgan fingerprint density at radius 3 is 2.44 bits per heavy atom. The lowest BCUT2D eigenvalue weighted by molar-refractivity contribution is -0.192. The molecular formula is C18H24F3N3O3. The minimum Gasteiger partial charge on any atom is -0.475 e. The van der Waals surface area contributed by atoms with E-state index >= 15 is 0 Å². The van der Waals surface area contributed by atoms with Crippen molar-refractivity contribution in [2.75, 3.05) is 26.2 Å². The zero-order chi connectivity index (χ0) is 19.8. The minimum atomic E-state index is -5.08. The minimum absolute atomic E-state index is 0.251. The Morgan fingerprint density at radius 1 is 1.26 bits per heavy atom. The number of carbonyl (C=O) groups is 2. The van der Waals surface area contributed by atoms with Gasteiger partial charge in [0.15, 0.2) is 0 Å². The number of aliphatic carboxylic acids is 1. The van der Waals surface area contributed by atoms with Gasteiger partial charge in [-0.3, -0.25) is 9.69 Å². The topological polar surface area (TPSA) is 65.8 Å². The van der Waals surface area contributed by atoms with Crippen LogP contribution in [0.3, 0.4) is 0 Å². The molecule has 1 aliphatic carbocycles. The third-order valence-corrected chi connectivity index (χ3v) is 5.29. The molecule has 0 bridgehead atoms. The van der Waals surface area contributed by atoms with Gasteiger partial charge in [0.1, 0.15) is 5.69 Å². The smallest absolute Gasteiger partial charge is 0.475 e. The number of likely N-dealkylation sites (tertiary alicyclic amines) is 1. The maximum atomic E-state index is 12.7. The molecule has 0 radical (unpaired) electrons. The van der Waals surface area contributed by atoms with Crippen LogP contribution in [-0.2, 0) is 4.79 Å². The number of aromatic nitrogens is 1. The van der Waals surface area contributed by atoms with Crippen molar-refractivity contribution >= 4 is 11.9 Å². The van der Waals surface area contributed by atoms with Gasteiger partial charge in [-0.05, 0) is 43.9 Å². The summed E-state index contributed by atoms with van der Waals surface area (Å²) < 4.78 is 34.0. The van der Waals surface area contributed by atoms with Crippen LogP contribution < -0.4 is 0 Å². The Bertz CT molecular complexity index is 700. The number of nitrogens with zero attached hydrogens (tertiary/aromatic N) is 3. The van der Waals surface area contributed by atoms with E-state index in [4.69, 9.17) is 9.90 Å². The van der Waals surface area contributed by atoms with E-state index in [-0.39, 0.29) is 5.91 Å². The van der Waals surface area contributed by atoms with E-state index in [2.05, 4.69) is 27.5 Å². The summed E-state index contributed by atoms with van der Waals surface area (Å²) in [5, 5.41) is 7.12. The lowest BCUT2D eigenvalue weighted by atomic mass is 10.1. The molecule has 9 heteroatoms. The molecule has 1 saturated carbocycles. The van der Waals surface area contributed by atoms with Crippen molar-refractivity contribution in [3.05, 3.63) is 24.0 Å². The molecule has 2 atom stereocenters. The summed E-state index contributed by atoms with van der Waals surface area (Å²) in [6, 6.07) is 4.85. The number of carboxylic acids is 1. The molecule has 1 aromatic heterocycles. The SMILES string of the molecule is CCCN1CC2C(C1)n1cccc1C(=O)N2CC1CC1.O=C(O)C(F)(F)F. The highest BCUT2D eigenvalue weighted by atomic mass is 19.4. The second kappa shape index (κ2) is 7.53. The summed E-state index contributed by atoms with van der Waals surface area (Å²) in [5.74, 6) is -1.74. The first kappa shape index (κ1) is 19.7. The van der Waals surface area contributed by atoms with Gasteiger partial charge in [0.05, 0.1) is 12.1 Å². The highest BCUT2D eigenvalue weighted by Gasteiger charge is 2.45. The molecule has 0 spiro atoms. The molecule has 2 aliphatic heterocycles. The van der Waals surface area contributed by atoms with Crippen molar-refractivity contribution in [1.82, 2.24) is 14.4 Å². The van der Waals surface area contributed by atoms with Crippen LogP contribution in [0.15, 0.2) is 18.3 Å². The average molecular weight is 387 g/mol. The summed E-state index contributed by atoms with van der Waals surface area (Å²) in [4.78, 5) is 26.3. The van der Waals surface area contributed by atoms with Crippen molar-refractivity contribution in [1.29, 1.82) is 0 Å². The fourth-order valence-corrected chi connectivity index (χ4v) is 3.88. The first-order valence-electron chi connectivity index (χ1n) is 9.22. The van der Waals surface area contributed by atoms with Crippen molar-refractivity contribution in [2.45, 2.75) is 44.4 Å². The first-order valence-corrected chi connectivity index (χ1v) is 9.22. The van der Waals surface area contributed by atoms with Crippen LogP contribution in [0.4, 0.5) is 13.2 Å². The van der Waals surface area contributed by atoms with Crippen LogP contribution in [0.1, 0.15) is 42.7 Å². The molecule has 3 heterocycles. The standard InChI is InChI=1S/C16H23N3O.C2HF3O2/c1-2-7-17-10-14-15(11-17)19(9-12-5-6-12)16(20)13-4-3-8-18(13)14;3-2(4,5)1(6)7/h3-4,8,12,14-15H,2,5-7,9-11H2,1H3;(H,6,7). The van der Waals surface area contributed by atoms with Gasteiger partial charge in [0, 0.05) is 25.8 Å². The zero-order valence-corrected chi connectivity index (χ0v) is 15.2. The van der Waals surface area contributed by atoms with E-state index in [0.717, 1.165) is 37.8 Å². The second-order valence-electron chi connectivity index (χ2n) is 7.40. The second-order valence-corrected chi connectivity index (χ2v) is 7.40. The summed E-state index contributed by atoms with van der Waals surface area (Å²) in [6.07, 6.45) is 0.811. The summed E-state index contributed by atoms with van der Waals surface area (Å²) in [7, 11) is 0. The summed E-state index contributed by atoms with van der Waals surface area (Å²) >= 11 is 0. The van der Waals surface area contributed by atoms with E-state index < -0.39 is 12.1 Å². The van der Waals surface area contributed by atoms with Crippen molar-refractivity contribution in [2.24, 2.45) is 5.92 Å². The Balaban J connectivity index is 0.000000260. The molecule has 150 valence electrons. The lowest BCUT2D eigenvalue weighted by Gasteiger charge is -2.38. The highest BCUT2D eigenvalue weighted by Crippen LogP contribution is 2.37. The van der Waals surface area contributed by atoms with Crippen LogP contribution in [0.2, 0.25) is 0 Å². The monoisotopic (exact) mass is 387 g/mol. The average Bonchev–Trinajstić information content (AvgIpc) is 3.09. The molecule has 1 aromatic rings. The fraction of sp³-hybridized carbons (Fsp3) is 0.667. The van der Waals surface area contributed by atoms with Gasteiger partial charge in [-0.25, -0.2) is 4.79 Å². The number of hydrogen-bond donors (Lipinski definition) is 1. The Hall–Kier alpha value is -2.03. The largest absolute Gasteiger partial charge is 0.490 e. The number of amides is 1. The Morgan fingerprint density at radius 2 is 1.89 bits per heavy atom. The molecule has 0 aromatic carbocycles. The van der Waals surface area contributed by atoms with Gasteiger partial charge in [-0.15, -0.1) is 0 Å². The van der Waals surface area contributed by atoms with E-state index in [1.54, 1.807) is 0 Å². The molecule has 1 amide bonds. The van der Waals surface area contributed by atoms with Gasteiger partial charge < -0.3 is 14.6 Å². The van der Waals surface area contributed by atoms with Gasteiger partial charge in [-0.2, -0.15) is 13.2 Å². The van der Waals surface area contributed by atoms with E-state index in [9.17, 15) is 18.0 Å². The number of halogens is 3. The third kappa shape index (κ3) is 4.28. The van der Waals surface area contributed by atoms with Crippen LogP contribution in [0, 0.1) is 5.92 Å². The number of hydrogen-bond acceptors (Lipinski definition) is 3. The fourth-order valence-electron chi connectivity index (χ4n) is 3.88. The Labute approximate surface area is 155 Å². The molecule has 3 aliphatic rings. The molecule has 2 unspecified atom stereocenters. The highest BCUT2D eigenvalue weighted by molar-refractivity contribution is 5.94. The number of fused-ring (bicyclic) bond motifs is 3. The first-order chi connectivity index (χ1) is 12.7. The van der Waals surface area contributed by atoms with Crippen LogP contribution in [-0.4, -0.2) is 69.7 Å². The van der Waals surface area contributed by atoms with Crippen LogP contribution in [0.5, 0.6) is 0 Å². The van der Waals surface area contributed by atoms with Crippen molar-refractivity contribution < 1.29 is 27.9 Å². The van der Waals surface area contributed by atoms with Crippen molar-refractivity contribution in [3.8, 4) is 0 Å². The lowest BCUT2D eigenvalue weighted by Crippen LogP contribution is -2.51. The number of carboxylic acid groups (broad SMARTS) is 1. The Kier molecular flexibility index (Phi) is 5.50. The number of rotatable bonds is 4. The van der Waals surface area contributed by atoms with Gasteiger partial charge in [-0.1, -0.05) is 6.92 Å². The van der Waals surface area contributed by atoms with Crippen LogP contribution >= 0.6 is 0 Å². The van der Waals surface area contributed by atoms with Gasteiger partial charge >= 0.3 is 12.1 Å². The molecular weight excluding hydrogens is 363 g/mol. The van der Waals surface area contributed by atoms with E-state index in [0.29, 0.717) is 12.1 Å². The third-order valence-electron chi connectivity index (χ3n) is 5.29. The van der Waals surface area contributed by atoms with E-state index in [1.807, 2.05) is 12.1 Å². The molecule has 6 nitrogen and oxygen atoms in total. The predicted octanol–water partition coefficient (Wildman–Crippen LogP) is 2.62. The van der Waals surface area contributed by atoms with Crippen LogP contribution in [0.25, 0.3) is 0 Å². The normalized spacial score (nSPS) is 24.9. The number of alkyl halides is 3. The van der Waals surface area contributed by atoms with E-state index in [1.165, 1.54) is 19.3 Å². The molecule has 2 fully saturated rings. The molecule has 1 N–H and O–H groups in total. The molecule has 4 rings (SSSR count). The molecule has 1 saturated heterocycles. The zero-order valence-electron chi connectivity index (χ0n) is 15.2. The summed E-state index contributed by atoms with van der Waals surface area (Å²) in [6.45, 7) is 6.50. The maximum absolute atomic E-state index is 12.7. The maximum Gasteiger partial charge on any atom is 0.490 e. The number of carbonyl (C=O) groups excluding carboxylic acids is 1. The van der Waals surface area contributed by atoms with Gasteiger partial charge in [0.25, 0.3) is 5.91 Å².